The van der Waals surface area contributed by atoms with E-state index >= 15 is 0 Å². The van der Waals surface area contributed by atoms with E-state index in [1.807, 2.05) is 4.57 Å². The summed E-state index contributed by atoms with van der Waals surface area (Å²) in [6, 6.07) is 2.18. The highest BCUT2D eigenvalue weighted by molar-refractivity contribution is 7.99. The summed E-state index contributed by atoms with van der Waals surface area (Å²) in [5.74, 6) is 0.499. The van der Waals surface area contributed by atoms with Crippen molar-refractivity contribution in [1.29, 1.82) is 0 Å². The first kappa shape index (κ1) is 24.0. The van der Waals surface area contributed by atoms with Crippen molar-refractivity contribution in [2.45, 2.75) is 64.6 Å². The molecule has 0 fully saturated rings. The Bertz CT molecular complexity index is 1150. The smallest absolute Gasteiger partial charge is 0.341 e. The van der Waals surface area contributed by atoms with Crippen LogP contribution in [0.15, 0.2) is 16.6 Å². The maximum Gasteiger partial charge on any atom is 0.341 e. The number of rotatable bonds is 10. The van der Waals surface area contributed by atoms with Gasteiger partial charge in [-0.15, -0.1) is 32.9 Å². The number of anilines is 1. The van der Waals surface area contributed by atoms with Crippen LogP contribution in [0.25, 0.3) is 11.4 Å². The Morgan fingerprint density at radius 2 is 2.09 bits per heavy atom. The number of hydrogen-bond donors (Lipinski definition) is 1. The van der Waals surface area contributed by atoms with Crippen molar-refractivity contribution in [3.05, 3.63) is 32.3 Å². The van der Waals surface area contributed by atoms with E-state index < -0.39 is 0 Å². The zero-order valence-electron chi connectivity index (χ0n) is 19.1. The largest absolute Gasteiger partial charge is 0.462 e. The number of esters is 1. The van der Waals surface area contributed by atoms with E-state index in [2.05, 4.69) is 40.8 Å². The number of carbonyl (C=O) groups is 2. The van der Waals surface area contributed by atoms with Gasteiger partial charge in [0.15, 0.2) is 11.0 Å². The molecule has 7 nitrogen and oxygen atoms in total. The van der Waals surface area contributed by atoms with Gasteiger partial charge in [0.2, 0.25) is 5.91 Å². The molecule has 10 heteroatoms. The third-order valence-electron chi connectivity index (χ3n) is 5.43. The number of hydrogen-bond acceptors (Lipinski definition) is 8. The summed E-state index contributed by atoms with van der Waals surface area (Å²) >= 11 is 4.59. The van der Waals surface area contributed by atoms with Gasteiger partial charge in [0.25, 0.3) is 0 Å². The summed E-state index contributed by atoms with van der Waals surface area (Å²) in [4.78, 5) is 27.8. The zero-order valence-corrected chi connectivity index (χ0v) is 21.6. The van der Waals surface area contributed by atoms with Crippen LogP contribution in [0.5, 0.6) is 0 Å². The number of thiophene rings is 2. The molecule has 0 spiro atoms. The molecule has 0 radical (unpaired) electrons. The van der Waals surface area contributed by atoms with Gasteiger partial charge < -0.3 is 14.6 Å². The number of ether oxygens (including phenoxy) is 1. The number of amides is 1. The Kier molecular flexibility index (Phi) is 7.87. The van der Waals surface area contributed by atoms with Crippen LogP contribution in [0.2, 0.25) is 0 Å². The van der Waals surface area contributed by atoms with Gasteiger partial charge >= 0.3 is 5.97 Å². The molecule has 1 amide bonds. The van der Waals surface area contributed by atoms with E-state index in [0.717, 1.165) is 55.6 Å². The molecule has 0 bridgehead atoms. The van der Waals surface area contributed by atoms with Crippen molar-refractivity contribution < 1.29 is 14.3 Å². The minimum absolute atomic E-state index is 0.168. The molecule has 3 aromatic heterocycles. The highest BCUT2D eigenvalue weighted by atomic mass is 32.2. The van der Waals surface area contributed by atoms with Crippen LogP contribution in [0.3, 0.4) is 0 Å². The molecule has 1 aliphatic rings. The van der Waals surface area contributed by atoms with Crippen LogP contribution in [-0.2, 0) is 35.3 Å². The first-order valence-corrected chi connectivity index (χ1v) is 14.0. The Labute approximate surface area is 206 Å². The fraction of sp³-hybridized carbons (Fsp3) is 0.478. The molecular weight excluding hydrogens is 476 g/mol. The molecule has 3 aromatic rings. The molecule has 176 valence electrons. The van der Waals surface area contributed by atoms with Gasteiger partial charge in [-0.05, 0) is 51.2 Å². The minimum Gasteiger partial charge on any atom is -0.462 e. The summed E-state index contributed by atoms with van der Waals surface area (Å²) in [6.45, 7) is 7.04. The Morgan fingerprint density at radius 1 is 1.24 bits per heavy atom. The minimum atomic E-state index is -0.353. The first-order valence-electron chi connectivity index (χ1n) is 11.3. The molecule has 33 heavy (non-hydrogen) atoms. The average Bonchev–Trinajstić information content (AvgIpc) is 3.55. The van der Waals surface area contributed by atoms with Crippen molar-refractivity contribution >= 4 is 51.3 Å². The van der Waals surface area contributed by atoms with E-state index in [9.17, 15) is 9.59 Å². The number of carbonyl (C=O) groups excluding carboxylic acids is 2. The maximum atomic E-state index is 12.8. The maximum absolute atomic E-state index is 12.8. The Balaban J connectivity index is 1.45. The van der Waals surface area contributed by atoms with E-state index in [4.69, 9.17) is 4.74 Å². The van der Waals surface area contributed by atoms with Gasteiger partial charge in [-0.3, -0.25) is 4.79 Å². The van der Waals surface area contributed by atoms with Gasteiger partial charge in [0.1, 0.15) is 5.00 Å². The highest BCUT2D eigenvalue weighted by Gasteiger charge is 2.28. The van der Waals surface area contributed by atoms with Gasteiger partial charge in [-0.2, -0.15) is 0 Å². The fourth-order valence-corrected chi connectivity index (χ4v) is 7.04. The van der Waals surface area contributed by atoms with Crippen molar-refractivity contribution in [3.63, 3.8) is 0 Å². The molecule has 0 atom stereocenters. The second-order valence-corrected chi connectivity index (χ2v) is 10.8. The second-order valence-electron chi connectivity index (χ2n) is 7.72. The summed E-state index contributed by atoms with van der Waals surface area (Å²) in [5, 5.41) is 15.1. The molecule has 0 saturated carbocycles. The third-order valence-corrected chi connectivity index (χ3v) is 8.60. The van der Waals surface area contributed by atoms with Crippen LogP contribution in [0.4, 0.5) is 5.00 Å². The number of fused-ring (bicyclic) bond motifs is 1. The van der Waals surface area contributed by atoms with E-state index in [1.54, 1.807) is 18.3 Å². The van der Waals surface area contributed by atoms with Crippen LogP contribution in [0.1, 0.15) is 59.3 Å². The van der Waals surface area contributed by atoms with E-state index in [0.29, 0.717) is 22.3 Å². The van der Waals surface area contributed by atoms with Gasteiger partial charge in [-0.25, -0.2) is 4.79 Å². The lowest BCUT2D eigenvalue weighted by Gasteiger charge is -2.08. The number of aryl methyl sites for hydroxylation is 2. The molecule has 0 unspecified atom stereocenters. The lowest BCUT2D eigenvalue weighted by Crippen LogP contribution is -2.17. The summed E-state index contributed by atoms with van der Waals surface area (Å²) in [7, 11) is 0. The van der Waals surface area contributed by atoms with Crippen molar-refractivity contribution in [2.75, 3.05) is 17.7 Å². The molecule has 1 aliphatic carbocycles. The van der Waals surface area contributed by atoms with Crippen LogP contribution < -0.4 is 5.32 Å². The average molecular weight is 505 g/mol. The van der Waals surface area contributed by atoms with Crippen molar-refractivity contribution in [1.82, 2.24) is 14.8 Å². The standard InChI is InChI=1S/C23H28N4O3S3/c1-4-8-15-11-14(12-31-15)20-25-26-23(27(20)5-2)32-13-18(28)24-21-19(22(29)30-6-3)16-9-7-10-17(16)33-21/h11-12H,4-10,13H2,1-3H3,(H,24,28). The first-order chi connectivity index (χ1) is 16.0. The van der Waals surface area contributed by atoms with Crippen LogP contribution >= 0.6 is 34.4 Å². The third kappa shape index (κ3) is 5.17. The predicted molar refractivity (Wildman–Crippen MR) is 135 cm³/mol. The molecule has 1 N–H and O–H groups in total. The quantitative estimate of drug-likeness (QED) is 0.292. The lowest BCUT2D eigenvalue weighted by atomic mass is 10.1. The predicted octanol–water partition coefficient (Wildman–Crippen LogP) is 5.44. The summed E-state index contributed by atoms with van der Waals surface area (Å²) in [5.41, 5.74) is 2.64. The lowest BCUT2D eigenvalue weighted by molar-refractivity contribution is -0.113. The van der Waals surface area contributed by atoms with Crippen LogP contribution in [0, 0.1) is 0 Å². The number of nitrogens with one attached hydrogen (secondary N) is 1. The van der Waals surface area contributed by atoms with Gasteiger partial charge in [-0.1, -0.05) is 25.1 Å². The number of aromatic nitrogens is 3. The number of thioether (sulfide) groups is 1. The molecule has 0 aliphatic heterocycles. The van der Waals surface area contributed by atoms with Crippen molar-refractivity contribution in [2.24, 2.45) is 0 Å². The monoisotopic (exact) mass is 504 g/mol. The fourth-order valence-electron chi connectivity index (χ4n) is 3.97. The summed E-state index contributed by atoms with van der Waals surface area (Å²) < 4.78 is 7.29. The van der Waals surface area contributed by atoms with Gasteiger partial charge in [0, 0.05) is 27.2 Å². The molecule has 0 saturated heterocycles. The van der Waals surface area contributed by atoms with E-state index in [1.165, 1.54) is 32.9 Å². The molecule has 3 heterocycles. The highest BCUT2D eigenvalue weighted by Crippen LogP contribution is 2.39. The number of nitrogens with zero attached hydrogens (tertiary/aromatic N) is 3. The van der Waals surface area contributed by atoms with Crippen molar-refractivity contribution in [3.8, 4) is 11.4 Å². The van der Waals surface area contributed by atoms with Crippen LogP contribution in [-0.4, -0.2) is 39.0 Å². The Morgan fingerprint density at radius 3 is 2.85 bits per heavy atom. The SMILES string of the molecule is CCCc1cc(-c2nnc(SCC(=O)Nc3sc4c(c3C(=O)OCC)CCC4)n2CC)cs1. The van der Waals surface area contributed by atoms with Gasteiger partial charge in [0.05, 0.1) is 17.9 Å². The molecule has 0 aromatic carbocycles. The molecular formula is C23H28N4O3S3. The zero-order chi connectivity index (χ0) is 23.4. The topological polar surface area (TPSA) is 86.1 Å². The molecule has 4 rings (SSSR count). The summed E-state index contributed by atoms with van der Waals surface area (Å²) in [6.07, 6.45) is 5.02. The normalized spacial score (nSPS) is 12.7. The second kappa shape index (κ2) is 10.8. The Hall–Kier alpha value is -2.17. The van der Waals surface area contributed by atoms with E-state index in [-0.39, 0.29) is 17.6 Å².